The molecule has 6 nitrogen and oxygen atoms in total. The summed E-state index contributed by atoms with van der Waals surface area (Å²) in [6.45, 7) is 1.80. The van der Waals surface area contributed by atoms with Crippen molar-refractivity contribution in [1.29, 1.82) is 0 Å². The number of carbonyl (C=O) groups excluding carboxylic acids is 2. The third kappa shape index (κ3) is 2.40. The number of nitrogens with zero attached hydrogens (tertiary/aromatic N) is 2. The highest BCUT2D eigenvalue weighted by Crippen LogP contribution is 2.40. The van der Waals surface area contributed by atoms with Gasteiger partial charge in [0, 0.05) is 19.3 Å². The molecular formula is C18H17N3O3. The van der Waals surface area contributed by atoms with Gasteiger partial charge in [-0.15, -0.1) is 0 Å². The van der Waals surface area contributed by atoms with E-state index in [0.717, 1.165) is 28.8 Å². The zero-order valence-corrected chi connectivity index (χ0v) is 13.2. The van der Waals surface area contributed by atoms with Crippen LogP contribution in [0.5, 0.6) is 0 Å². The molecule has 3 heterocycles. The summed E-state index contributed by atoms with van der Waals surface area (Å²) in [7, 11) is 0. The van der Waals surface area contributed by atoms with Crippen molar-refractivity contribution >= 4 is 17.7 Å². The number of nitrogens with one attached hydrogen (secondary N) is 1. The molecule has 2 aliphatic heterocycles. The first-order valence-electron chi connectivity index (χ1n) is 7.91. The van der Waals surface area contributed by atoms with Gasteiger partial charge in [0.1, 0.15) is 6.10 Å². The quantitative estimate of drug-likeness (QED) is 0.939. The van der Waals surface area contributed by atoms with Crippen LogP contribution in [0.15, 0.2) is 42.7 Å². The first kappa shape index (κ1) is 14.7. The van der Waals surface area contributed by atoms with Gasteiger partial charge in [-0.05, 0) is 41.3 Å². The van der Waals surface area contributed by atoms with Crippen LogP contribution in [-0.2, 0) is 16.0 Å². The number of fused-ring (bicyclic) bond motifs is 3. The van der Waals surface area contributed by atoms with Gasteiger partial charge in [0.25, 0.3) is 0 Å². The van der Waals surface area contributed by atoms with Crippen molar-refractivity contribution < 1.29 is 14.3 Å². The summed E-state index contributed by atoms with van der Waals surface area (Å²) in [5, 5.41) is 2.73. The van der Waals surface area contributed by atoms with Crippen LogP contribution < -0.4 is 10.2 Å². The first-order valence-corrected chi connectivity index (χ1v) is 7.91. The second kappa shape index (κ2) is 5.63. The van der Waals surface area contributed by atoms with Gasteiger partial charge in [0.15, 0.2) is 0 Å². The zero-order valence-electron chi connectivity index (χ0n) is 13.2. The van der Waals surface area contributed by atoms with Crippen LogP contribution in [0, 0.1) is 0 Å². The van der Waals surface area contributed by atoms with E-state index >= 15 is 0 Å². The van der Waals surface area contributed by atoms with Crippen molar-refractivity contribution in [3.63, 3.8) is 0 Å². The Hall–Kier alpha value is -2.89. The van der Waals surface area contributed by atoms with E-state index < -0.39 is 0 Å². The highest BCUT2D eigenvalue weighted by atomic mass is 16.6. The molecule has 1 N–H and O–H groups in total. The number of anilines is 1. The topological polar surface area (TPSA) is 71.5 Å². The average molecular weight is 323 g/mol. The van der Waals surface area contributed by atoms with Crippen LogP contribution in [0.4, 0.5) is 10.5 Å². The van der Waals surface area contributed by atoms with Crippen LogP contribution in [-0.4, -0.2) is 35.7 Å². The normalized spacial score (nSPS) is 21.2. The molecule has 4 rings (SSSR count). The molecule has 1 fully saturated rings. The summed E-state index contributed by atoms with van der Waals surface area (Å²) in [4.78, 5) is 29.2. The molecule has 0 radical (unpaired) electrons. The predicted octanol–water partition coefficient (Wildman–Crippen LogP) is 2.13. The maximum Gasteiger partial charge on any atom is 0.415 e. The first-order chi connectivity index (χ1) is 11.6. The number of hydrogen-bond donors (Lipinski definition) is 1. The fourth-order valence-electron chi connectivity index (χ4n) is 3.41. The van der Waals surface area contributed by atoms with Crippen molar-refractivity contribution in [3.8, 4) is 11.1 Å². The van der Waals surface area contributed by atoms with Crippen molar-refractivity contribution in [1.82, 2.24) is 10.3 Å². The molecule has 2 atom stereocenters. The molecule has 122 valence electrons. The molecule has 6 heteroatoms. The summed E-state index contributed by atoms with van der Waals surface area (Å²) >= 11 is 0. The molecule has 2 aliphatic rings. The molecule has 1 saturated heterocycles. The lowest BCUT2D eigenvalue weighted by Gasteiger charge is -2.16. The molecule has 2 amide bonds. The number of pyridine rings is 1. The van der Waals surface area contributed by atoms with Crippen LogP contribution in [0.2, 0.25) is 0 Å². The van der Waals surface area contributed by atoms with Crippen LogP contribution >= 0.6 is 0 Å². The number of cyclic esters (lactones) is 1. The Morgan fingerprint density at radius 2 is 2.25 bits per heavy atom. The summed E-state index contributed by atoms with van der Waals surface area (Å²) < 4.78 is 5.41. The van der Waals surface area contributed by atoms with E-state index in [0.29, 0.717) is 6.54 Å². The maximum atomic E-state index is 12.2. The van der Waals surface area contributed by atoms with E-state index in [1.807, 2.05) is 30.5 Å². The lowest BCUT2D eigenvalue weighted by atomic mass is 10.0. The molecule has 0 aliphatic carbocycles. The zero-order chi connectivity index (χ0) is 16.7. The number of ether oxygens (including phenoxy) is 1. The average Bonchev–Trinajstić information content (AvgIpc) is 3.11. The Balaban J connectivity index is 1.62. The molecule has 1 aromatic carbocycles. The Morgan fingerprint density at radius 1 is 1.38 bits per heavy atom. The second-order valence-electron chi connectivity index (χ2n) is 6.09. The lowest BCUT2D eigenvalue weighted by Crippen LogP contribution is -2.40. The van der Waals surface area contributed by atoms with Gasteiger partial charge >= 0.3 is 6.09 Å². The summed E-state index contributed by atoms with van der Waals surface area (Å²) in [5.74, 6) is -0.126. The minimum absolute atomic E-state index is 0.0662. The van der Waals surface area contributed by atoms with Gasteiger partial charge in [-0.1, -0.05) is 12.1 Å². The van der Waals surface area contributed by atoms with Crippen LogP contribution in [0.25, 0.3) is 11.1 Å². The molecule has 2 aromatic rings. The highest BCUT2D eigenvalue weighted by molar-refractivity contribution is 5.94. The van der Waals surface area contributed by atoms with Gasteiger partial charge < -0.3 is 10.1 Å². The van der Waals surface area contributed by atoms with Crippen LogP contribution in [0.1, 0.15) is 12.5 Å². The number of rotatable bonds is 3. The van der Waals surface area contributed by atoms with Gasteiger partial charge in [-0.3, -0.25) is 14.7 Å². The number of carbonyl (C=O) groups is 2. The number of aromatic nitrogens is 1. The molecule has 1 unspecified atom stereocenters. The second-order valence-corrected chi connectivity index (χ2v) is 6.09. The van der Waals surface area contributed by atoms with Crippen molar-refractivity contribution in [3.05, 3.63) is 48.3 Å². The Labute approximate surface area is 139 Å². The van der Waals surface area contributed by atoms with E-state index in [4.69, 9.17) is 4.74 Å². The van der Waals surface area contributed by atoms with E-state index in [-0.39, 0.29) is 24.1 Å². The van der Waals surface area contributed by atoms with Gasteiger partial charge in [0.2, 0.25) is 5.91 Å². The van der Waals surface area contributed by atoms with Gasteiger partial charge in [-0.25, -0.2) is 4.79 Å². The van der Waals surface area contributed by atoms with Gasteiger partial charge in [0.05, 0.1) is 18.3 Å². The van der Waals surface area contributed by atoms with Crippen molar-refractivity contribution in [2.24, 2.45) is 0 Å². The smallest absolute Gasteiger partial charge is 0.415 e. The lowest BCUT2D eigenvalue weighted by molar-refractivity contribution is -0.119. The molecule has 24 heavy (non-hydrogen) atoms. The Bertz CT molecular complexity index is 806. The standard InChI is InChI=1S/C18H17N3O3/c1-11(22)20-10-17-16-8-14-7-12(13-3-2-6-19-9-13)4-5-15(14)21(16)18(23)24-17/h2-7,9,16-17H,8,10H2,1H3,(H,20,22)/t16-,17?/m0/s1. The highest BCUT2D eigenvalue weighted by Gasteiger charge is 2.47. The fourth-order valence-corrected chi connectivity index (χ4v) is 3.41. The van der Waals surface area contributed by atoms with Crippen LogP contribution in [0.3, 0.4) is 0 Å². The largest absolute Gasteiger partial charge is 0.442 e. The maximum absolute atomic E-state index is 12.2. The minimum Gasteiger partial charge on any atom is -0.442 e. The monoisotopic (exact) mass is 323 g/mol. The van der Waals surface area contributed by atoms with E-state index in [1.165, 1.54) is 6.92 Å². The van der Waals surface area contributed by atoms with E-state index in [1.54, 1.807) is 11.1 Å². The Kier molecular flexibility index (Phi) is 3.45. The van der Waals surface area contributed by atoms with Crippen molar-refractivity contribution in [2.75, 3.05) is 11.4 Å². The number of amides is 2. The molecule has 1 aromatic heterocycles. The summed E-state index contributed by atoms with van der Waals surface area (Å²) in [5.41, 5.74) is 4.13. The minimum atomic E-state index is -0.344. The third-order valence-corrected chi connectivity index (χ3v) is 4.52. The number of hydrogen-bond acceptors (Lipinski definition) is 4. The van der Waals surface area contributed by atoms with E-state index in [9.17, 15) is 9.59 Å². The molecule has 0 saturated carbocycles. The summed E-state index contributed by atoms with van der Waals surface area (Å²) in [6, 6.07) is 9.91. The SMILES string of the molecule is CC(=O)NCC1OC(=O)N2c3ccc(-c4cccnc4)cc3C[C@@H]12. The molecule has 0 bridgehead atoms. The fraction of sp³-hybridized carbons (Fsp3) is 0.278. The Morgan fingerprint density at radius 3 is 3.00 bits per heavy atom. The predicted molar refractivity (Wildman–Crippen MR) is 88.6 cm³/mol. The summed E-state index contributed by atoms with van der Waals surface area (Å²) in [6.07, 6.45) is 3.62. The molecule has 0 spiro atoms. The third-order valence-electron chi connectivity index (χ3n) is 4.52. The number of benzene rings is 1. The molecular weight excluding hydrogens is 306 g/mol. The van der Waals surface area contributed by atoms with E-state index in [2.05, 4.69) is 16.4 Å². The van der Waals surface area contributed by atoms with Crippen molar-refractivity contribution in [2.45, 2.75) is 25.5 Å². The van der Waals surface area contributed by atoms with Gasteiger partial charge in [-0.2, -0.15) is 0 Å².